The molecule has 0 aliphatic carbocycles. The summed E-state index contributed by atoms with van der Waals surface area (Å²) in [5, 5.41) is 0. The molecule has 3 rings (SSSR count). The van der Waals surface area contributed by atoms with Gasteiger partial charge >= 0.3 is 0 Å². The van der Waals surface area contributed by atoms with Crippen LogP contribution in [-0.4, -0.2) is 54.3 Å². The van der Waals surface area contributed by atoms with Gasteiger partial charge < -0.3 is 0 Å². The summed E-state index contributed by atoms with van der Waals surface area (Å²) in [4.78, 5) is 19.6. The predicted octanol–water partition coefficient (Wildman–Crippen LogP) is 3.05. The number of rotatable bonds is 5. The van der Waals surface area contributed by atoms with Gasteiger partial charge in [-0.15, -0.1) is 11.3 Å². The Kier molecular flexibility index (Phi) is 5.09. The highest BCUT2D eigenvalue weighted by atomic mass is 32.1. The topological polar surface area (TPSA) is 23.6 Å². The summed E-state index contributed by atoms with van der Waals surface area (Å²) in [5.41, 5.74) is 0. The minimum absolute atomic E-state index is 0.305. The first-order valence-corrected chi connectivity index (χ1v) is 9.16. The molecular weight excluding hydrogens is 280 g/mol. The highest BCUT2D eigenvalue weighted by molar-refractivity contribution is 7.14. The number of hydrogen-bond donors (Lipinski definition) is 0. The van der Waals surface area contributed by atoms with Crippen LogP contribution >= 0.6 is 11.3 Å². The Morgan fingerprint density at radius 3 is 2.76 bits per heavy atom. The molecule has 21 heavy (non-hydrogen) atoms. The molecule has 2 fully saturated rings. The first-order valence-electron chi connectivity index (χ1n) is 8.34. The molecule has 4 heteroatoms. The van der Waals surface area contributed by atoms with Crippen molar-refractivity contribution < 1.29 is 4.79 Å². The summed E-state index contributed by atoms with van der Waals surface area (Å²) in [6.07, 6.45) is 6.36. The Morgan fingerprint density at radius 1 is 1.24 bits per heavy atom. The van der Waals surface area contributed by atoms with E-state index in [0.29, 0.717) is 18.4 Å². The largest absolute Gasteiger partial charge is 0.299 e. The summed E-state index contributed by atoms with van der Waals surface area (Å²) in [5.74, 6) is 0.305. The number of thiophene rings is 1. The van der Waals surface area contributed by atoms with Gasteiger partial charge in [0.2, 0.25) is 0 Å². The number of likely N-dealkylation sites (tertiary alicyclic amines) is 2. The zero-order chi connectivity index (χ0) is 14.7. The maximum Gasteiger partial charge on any atom is 0.186 e. The van der Waals surface area contributed by atoms with Crippen LogP contribution in [-0.2, 0) is 6.42 Å². The minimum atomic E-state index is 0.305. The van der Waals surface area contributed by atoms with Gasteiger partial charge in [0.1, 0.15) is 0 Å². The molecule has 0 amide bonds. The highest BCUT2D eigenvalue weighted by Crippen LogP contribution is 2.22. The molecule has 0 aromatic carbocycles. The van der Waals surface area contributed by atoms with E-state index in [1.807, 2.05) is 6.07 Å². The van der Waals surface area contributed by atoms with Gasteiger partial charge in [-0.05, 0) is 50.9 Å². The minimum Gasteiger partial charge on any atom is -0.299 e. The maximum absolute atomic E-state index is 12.4. The monoisotopic (exact) mass is 306 g/mol. The van der Waals surface area contributed by atoms with Crippen molar-refractivity contribution in [3.05, 3.63) is 21.9 Å². The number of piperidine rings is 1. The summed E-state index contributed by atoms with van der Waals surface area (Å²) in [6.45, 7) is 7.43. The second-order valence-corrected chi connectivity index (χ2v) is 7.49. The lowest BCUT2D eigenvalue weighted by Crippen LogP contribution is -2.41. The molecule has 0 bridgehead atoms. The van der Waals surface area contributed by atoms with Gasteiger partial charge in [0.15, 0.2) is 5.78 Å². The average molecular weight is 306 g/mol. The van der Waals surface area contributed by atoms with Crippen LogP contribution in [0.1, 0.15) is 47.2 Å². The molecule has 1 aromatic rings. The summed E-state index contributed by atoms with van der Waals surface area (Å²) in [6, 6.07) is 4.79. The van der Waals surface area contributed by atoms with Crippen LogP contribution in [0.3, 0.4) is 0 Å². The molecule has 0 spiro atoms. The van der Waals surface area contributed by atoms with Gasteiger partial charge in [0, 0.05) is 24.0 Å². The number of hydrogen-bond acceptors (Lipinski definition) is 4. The first-order chi connectivity index (χ1) is 10.3. The van der Waals surface area contributed by atoms with Gasteiger partial charge in [-0.25, -0.2) is 0 Å². The van der Waals surface area contributed by atoms with E-state index in [1.165, 1.54) is 43.6 Å². The molecular formula is C17H26N2OS. The lowest BCUT2D eigenvalue weighted by Gasteiger charge is -2.32. The van der Waals surface area contributed by atoms with Gasteiger partial charge in [0.25, 0.3) is 0 Å². The number of Topliss-reactive ketones (excluding diaryl/α,β-unsaturated/α-hetero) is 1. The molecule has 1 atom stereocenters. The van der Waals surface area contributed by atoms with E-state index in [2.05, 4.69) is 22.8 Å². The highest BCUT2D eigenvalue weighted by Gasteiger charge is 2.29. The molecule has 116 valence electrons. The summed E-state index contributed by atoms with van der Waals surface area (Å²) >= 11 is 1.67. The fourth-order valence-corrected chi connectivity index (χ4v) is 4.41. The standard InChI is InChI=1S/C17H26N2OS/c1-2-15-6-7-17(21-15)16(20)13-18-11-8-14(12-18)19-9-4-3-5-10-19/h6-7,14H,2-5,8-13H2,1H3. The number of ketones is 1. The summed E-state index contributed by atoms with van der Waals surface area (Å²) < 4.78 is 0. The Morgan fingerprint density at radius 2 is 2.05 bits per heavy atom. The van der Waals surface area contributed by atoms with E-state index in [9.17, 15) is 4.79 Å². The summed E-state index contributed by atoms with van der Waals surface area (Å²) in [7, 11) is 0. The lowest BCUT2D eigenvalue weighted by atomic mass is 10.1. The van der Waals surface area contributed by atoms with E-state index in [4.69, 9.17) is 0 Å². The zero-order valence-corrected chi connectivity index (χ0v) is 13.8. The van der Waals surface area contributed by atoms with Gasteiger partial charge in [-0.1, -0.05) is 13.3 Å². The van der Waals surface area contributed by atoms with Crippen molar-refractivity contribution in [1.29, 1.82) is 0 Å². The fourth-order valence-electron chi connectivity index (χ4n) is 3.54. The Bertz CT molecular complexity index is 479. The molecule has 1 aromatic heterocycles. The normalized spacial score (nSPS) is 24.5. The van der Waals surface area contributed by atoms with Crippen LogP contribution in [0, 0.1) is 0 Å². The first kappa shape index (κ1) is 15.2. The van der Waals surface area contributed by atoms with E-state index in [-0.39, 0.29) is 0 Å². The number of carbonyl (C=O) groups excluding carboxylic acids is 1. The van der Waals surface area contributed by atoms with Crippen molar-refractivity contribution in [3.63, 3.8) is 0 Å². The molecule has 0 saturated carbocycles. The molecule has 3 heterocycles. The quantitative estimate of drug-likeness (QED) is 0.781. The molecule has 3 nitrogen and oxygen atoms in total. The van der Waals surface area contributed by atoms with Crippen LogP contribution in [0.4, 0.5) is 0 Å². The third kappa shape index (κ3) is 3.74. The lowest BCUT2D eigenvalue weighted by molar-refractivity contribution is 0.0940. The van der Waals surface area contributed by atoms with E-state index in [1.54, 1.807) is 11.3 Å². The molecule has 0 radical (unpaired) electrons. The molecule has 2 aliphatic rings. The van der Waals surface area contributed by atoms with Crippen LogP contribution in [0.15, 0.2) is 12.1 Å². The van der Waals surface area contributed by atoms with Crippen LogP contribution in [0.2, 0.25) is 0 Å². The van der Waals surface area contributed by atoms with Gasteiger partial charge in [-0.3, -0.25) is 14.6 Å². The van der Waals surface area contributed by atoms with E-state index < -0.39 is 0 Å². The maximum atomic E-state index is 12.4. The second kappa shape index (κ2) is 7.03. The van der Waals surface area contributed by atoms with E-state index >= 15 is 0 Å². The molecule has 2 saturated heterocycles. The van der Waals surface area contributed by atoms with Crippen molar-refractivity contribution in [2.45, 2.75) is 45.1 Å². The van der Waals surface area contributed by atoms with E-state index in [0.717, 1.165) is 24.4 Å². The predicted molar refractivity (Wildman–Crippen MR) is 88.3 cm³/mol. The zero-order valence-electron chi connectivity index (χ0n) is 13.0. The SMILES string of the molecule is CCc1ccc(C(=O)CN2CCC(N3CCCCC3)C2)s1. The Labute approximate surface area is 131 Å². The third-order valence-electron chi connectivity index (χ3n) is 4.81. The van der Waals surface area contributed by atoms with Crippen molar-refractivity contribution in [1.82, 2.24) is 9.80 Å². The van der Waals surface area contributed by atoms with Crippen molar-refractivity contribution in [2.24, 2.45) is 0 Å². The van der Waals surface area contributed by atoms with Gasteiger partial charge in [-0.2, -0.15) is 0 Å². The Balaban J connectivity index is 1.50. The molecule has 2 aliphatic heterocycles. The average Bonchev–Trinajstić information content (AvgIpc) is 3.17. The second-order valence-electron chi connectivity index (χ2n) is 6.32. The number of nitrogens with zero attached hydrogens (tertiary/aromatic N) is 2. The molecule has 0 N–H and O–H groups in total. The van der Waals surface area contributed by atoms with Gasteiger partial charge in [0.05, 0.1) is 11.4 Å². The van der Waals surface area contributed by atoms with Crippen LogP contribution in [0.25, 0.3) is 0 Å². The van der Waals surface area contributed by atoms with Crippen molar-refractivity contribution >= 4 is 17.1 Å². The third-order valence-corrected chi connectivity index (χ3v) is 6.08. The van der Waals surface area contributed by atoms with Crippen LogP contribution in [0.5, 0.6) is 0 Å². The fraction of sp³-hybridized carbons (Fsp3) is 0.706. The number of aryl methyl sites for hydroxylation is 1. The van der Waals surface area contributed by atoms with Crippen molar-refractivity contribution in [3.8, 4) is 0 Å². The van der Waals surface area contributed by atoms with Crippen LogP contribution < -0.4 is 0 Å². The Hall–Kier alpha value is -0.710. The van der Waals surface area contributed by atoms with Crippen molar-refractivity contribution in [2.75, 3.05) is 32.7 Å². The number of carbonyl (C=O) groups is 1. The smallest absolute Gasteiger partial charge is 0.186 e. The molecule has 1 unspecified atom stereocenters.